The standard InChI is InChI=1S/C15H13ClN4O2S2/c1-8-11(6-12(17)21)24-15(18-8)23-7-13-19-14(22-20-13)9-2-4-10(16)5-3-9/h2-5H,6-7H2,1H3,(H2,17,21). The van der Waals surface area contributed by atoms with Gasteiger partial charge in [0.25, 0.3) is 5.89 Å². The van der Waals surface area contributed by atoms with Gasteiger partial charge in [0, 0.05) is 15.5 Å². The third kappa shape index (κ3) is 4.14. The molecule has 0 spiro atoms. The van der Waals surface area contributed by atoms with Crippen LogP contribution in [0.1, 0.15) is 16.4 Å². The summed E-state index contributed by atoms with van der Waals surface area (Å²) in [6, 6.07) is 7.20. The molecule has 2 aromatic heterocycles. The van der Waals surface area contributed by atoms with Crippen LogP contribution in [0.25, 0.3) is 11.5 Å². The third-order valence-electron chi connectivity index (χ3n) is 3.09. The first kappa shape index (κ1) is 16.9. The zero-order chi connectivity index (χ0) is 17.1. The summed E-state index contributed by atoms with van der Waals surface area (Å²) < 4.78 is 6.11. The molecule has 2 N–H and O–H groups in total. The van der Waals surface area contributed by atoms with E-state index in [0.717, 1.165) is 20.5 Å². The summed E-state index contributed by atoms with van der Waals surface area (Å²) in [5.41, 5.74) is 6.87. The fourth-order valence-corrected chi connectivity index (χ4v) is 4.15. The Balaban J connectivity index is 1.65. The minimum atomic E-state index is -0.357. The Hall–Kier alpha value is -1.90. The van der Waals surface area contributed by atoms with E-state index in [1.54, 1.807) is 12.1 Å². The van der Waals surface area contributed by atoms with Crippen molar-refractivity contribution in [2.75, 3.05) is 0 Å². The van der Waals surface area contributed by atoms with E-state index in [1.165, 1.54) is 23.1 Å². The number of hydrogen-bond acceptors (Lipinski definition) is 7. The van der Waals surface area contributed by atoms with Crippen molar-refractivity contribution in [1.29, 1.82) is 0 Å². The Bertz CT molecular complexity index is 861. The molecule has 0 bridgehead atoms. The molecular formula is C15H13ClN4O2S2. The Labute approximate surface area is 151 Å². The topological polar surface area (TPSA) is 94.9 Å². The van der Waals surface area contributed by atoms with E-state index in [1.807, 2.05) is 19.1 Å². The van der Waals surface area contributed by atoms with E-state index in [-0.39, 0.29) is 12.3 Å². The second-order valence-corrected chi connectivity index (χ2v) is 7.69. The zero-order valence-corrected chi connectivity index (χ0v) is 15.0. The molecule has 0 unspecified atom stereocenters. The number of aromatic nitrogens is 3. The number of hydrogen-bond donors (Lipinski definition) is 1. The number of primary amides is 1. The van der Waals surface area contributed by atoms with Crippen LogP contribution in [0.15, 0.2) is 33.1 Å². The summed E-state index contributed by atoms with van der Waals surface area (Å²) >= 11 is 8.82. The molecule has 0 aliphatic carbocycles. The first-order valence-electron chi connectivity index (χ1n) is 6.97. The van der Waals surface area contributed by atoms with Gasteiger partial charge in [-0.2, -0.15) is 4.98 Å². The number of thioether (sulfide) groups is 1. The average Bonchev–Trinajstić information content (AvgIpc) is 3.13. The number of aryl methyl sites for hydroxylation is 1. The number of nitrogens with two attached hydrogens (primary N) is 1. The van der Waals surface area contributed by atoms with Crippen LogP contribution in [0.4, 0.5) is 0 Å². The molecule has 9 heteroatoms. The fourth-order valence-electron chi connectivity index (χ4n) is 1.93. The van der Waals surface area contributed by atoms with E-state index in [9.17, 15) is 4.79 Å². The molecule has 0 saturated carbocycles. The van der Waals surface area contributed by atoms with Crippen LogP contribution < -0.4 is 5.73 Å². The predicted octanol–water partition coefficient (Wildman–Crippen LogP) is 3.48. The highest BCUT2D eigenvalue weighted by Gasteiger charge is 2.13. The molecule has 0 fully saturated rings. The molecule has 0 aliphatic rings. The van der Waals surface area contributed by atoms with E-state index in [4.69, 9.17) is 21.9 Å². The first-order chi connectivity index (χ1) is 11.5. The monoisotopic (exact) mass is 380 g/mol. The first-order valence-corrected chi connectivity index (χ1v) is 9.15. The summed E-state index contributed by atoms with van der Waals surface area (Å²) in [6.45, 7) is 1.87. The van der Waals surface area contributed by atoms with Gasteiger partial charge in [-0.1, -0.05) is 28.5 Å². The summed E-state index contributed by atoms with van der Waals surface area (Å²) in [5, 5.41) is 4.62. The van der Waals surface area contributed by atoms with Crippen LogP contribution in [-0.4, -0.2) is 21.0 Å². The number of halogens is 1. The van der Waals surface area contributed by atoms with Crippen molar-refractivity contribution >= 4 is 40.6 Å². The van der Waals surface area contributed by atoms with Gasteiger partial charge >= 0.3 is 0 Å². The second-order valence-electron chi connectivity index (χ2n) is 4.94. The molecule has 3 rings (SSSR count). The molecule has 1 aromatic carbocycles. The zero-order valence-electron chi connectivity index (χ0n) is 12.7. The van der Waals surface area contributed by atoms with Gasteiger partial charge in [0.15, 0.2) is 10.2 Å². The molecule has 0 saturated heterocycles. The number of nitrogens with zero attached hydrogens (tertiary/aromatic N) is 3. The maximum absolute atomic E-state index is 11.0. The number of rotatable bonds is 6. The molecule has 1 amide bonds. The summed E-state index contributed by atoms with van der Waals surface area (Å²) in [6.07, 6.45) is 0.215. The van der Waals surface area contributed by atoms with E-state index in [2.05, 4.69) is 15.1 Å². The van der Waals surface area contributed by atoms with Crippen LogP contribution in [0, 0.1) is 6.92 Å². The molecule has 2 heterocycles. The van der Waals surface area contributed by atoms with Gasteiger partial charge in [0.2, 0.25) is 5.91 Å². The SMILES string of the molecule is Cc1nc(SCc2noc(-c3ccc(Cl)cc3)n2)sc1CC(N)=O. The van der Waals surface area contributed by atoms with Crippen molar-refractivity contribution in [2.45, 2.75) is 23.4 Å². The Morgan fingerprint density at radius 1 is 1.33 bits per heavy atom. The highest BCUT2D eigenvalue weighted by Crippen LogP contribution is 2.30. The third-order valence-corrected chi connectivity index (χ3v) is 5.64. The van der Waals surface area contributed by atoms with E-state index >= 15 is 0 Å². The second kappa shape index (κ2) is 7.33. The highest BCUT2D eigenvalue weighted by atomic mass is 35.5. The van der Waals surface area contributed by atoms with Crippen molar-refractivity contribution in [1.82, 2.24) is 15.1 Å². The average molecular weight is 381 g/mol. The summed E-state index contributed by atoms with van der Waals surface area (Å²) in [5.74, 6) is 1.20. The quantitative estimate of drug-likeness (QED) is 0.658. The lowest BCUT2D eigenvalue weighted by Gasteiger charge is -1.93. The molecule has 6 nitrogen and oxygen atoms in total. The smallest absolute Gasteiger partial charge is 0.257 e. The van der Waals surface area contributed by atoms with Crippen LogP contribution >= 0.6 is 34.7 Å². The summed E-state index contributed by atoms with van der Waals surface area (Å²) in [4.78, 5) is 20.7. The normalized spacial score (nSPS) is 10.9. The minimum absolute atomic E-state index is 0.215. The van der Waals surface area contributed by atoms with Crippen molar-refractivity contribution in [3.63, 3.8) is 0 Å². The molecule has 0 radical (unpaired) electrons. The van der Waals surface area contributed by atoms with Crippen molar-refractivity contribution in [2.24, 2.45) is 5.73 Å². The maximum Gasteiger partial charge on any atom is 0.257 e. The predicted molar refractivity (Wildman–Crippen MR) is 94.1 cm³/mol. The number of benzene rings is 1. The van der Waals surface area contributed by atoms with Gasteiger partial charge in [-0.25, -0.2) is 4.98 Å². The van der Waals surface area contributed by atoms with Gasteiger partial charge in [-0.3, -0.25) is 4.79 Å². The van der Waals surface area contributed by atoms with Gasteiger partial charge in [0.1, 0.15) is 0 Å². The van der Waals surface area contributed by atoms with Crippen molar-refractivity contribution < 1.29 is 9.32 Å². The molecule has 0 aliphatic heterocycles. The van der Waals surface area contributed by atoms with Gasteiger partial charge in [0.05, 0.1) is 17.9 Å². The minimum Gasteiger partial charge on any atom is -0.369 e. The number of thiazole rings is 1. The maximum atomic E-state index is 11.0. The molecular weight excluding hydrogens is 368 g/mol. The van der Waals surface area contributed by atoms with Crippen LogP contribution in [-0.2, 0) is 17.0 Å². The lowest BCUT2D eigenvalue weighted by Crippen LogP contribution is -2.13. The Kier molecular flexibility index (Phi) is 5.17. The fraction of sp³-hybridized carbons (Fsp3) is 0.200. The number of amides is 1. The van der Waals surface area contributed by atoms with E-state index in [0.29, 0.717) is 22.5 Å². The van der Waals surface area contributed by atoms with Gasteiger partial charge in [-0.15, -0.1) is 11.3 Å². The number of carbonyl (C=O) groups excluding carboxylic acids is 1. The van der Waals surface area contributed by atoms with Crippen molar-refractivity contribution in [3.05, 3.63) is 45.7 Å². The van der Waals surface area contributed by atoms with Crippen LogP contribution in [0.3, 0.4) is 0 Å². The lowest BCUT2D eigenvalue weighted by atomic mass is 10.2. The van der Waals surface area contributed by atoms with Gasteiger partial charge in [-0.05, 0) is 31.2 Å². The Morgan fingerprint density at radius 2 is 2.08 bits per heavy atom. The largest absolute Gasteiger partial charge is 0.369 e. The Morgan fingerprint density at radius 3 is 2.79 bits per heavy atom. The van der Waals surface area contributed by atoms with Gasteiger partial charge < -0.3 is 10.3 Å². The molecule has 24 heavy (non-hydrogen) atoms. The van der Waals surface area contributed by atoms with Crippen molar-refractivity contribution in [3.8, 4) is 11.5 Å². The number of carbonyl (C=O) groups is 1. The van der Waals surface area contributed by atoms with Crippen LogP contribution in [0.5, 0.6) is 0 Å². The summed E-state index contributed by atoms with van der Waals surface area (Å²) in [7, 11) is 0. The molecule has 124 valence electrons. The molecule has 0 atom stereocenters. The van der Waals surface area contributed by atoms with Crippen LogP contribution in [0.2, 0.25) is 5.02 Å². The molecule has 3 aromatic rings. The van der Waals surface area contributed by atoms with E-state index < -0.39 is 0 Å². The highest BCUT2D eigenvalue weighted by molar-refractivity contribution is 8.00. The lowest BCUT2D eigenvalue weighted by molar-refractivity contribution is -0.117.